The number of nitrogens with two attached hydrogens (primary N) is 1. The van der Waals surface area contributed by atoms with E-state index in [0.717, 1.165) is 22.0 Å². The van der Waals surface area contributed by atoms with Crippen LogP contribution in [0.15, 0.2) is 23.6 Å². The van der Waals surface area contributed by atoms with Gasteiger partial charge in [-0.05, 0) is 12.1 Å². The Hall–Kier alpha value is -1.10. The van der Waals surface area contributed by atoms with E-state index in [9.17, 15) is 0 Å². The maximum absolute atomic E-state index is 6.10. The zero-order valence-electron chi connectivity index (χ0n) is 11.9. The summed E-state index contributed by atoms with van der Waals surface area (Å²) in [4.78, 5) is 4.60. The molecule has 0 aliphatic rings. The highest BCUT2D eigenvalue weighted by Gasteiger charge is 2.17. The van der Waals surface area contributed by atoms with Crippen molar-refractivity contribution in [2.24, 2.45) is 5.73 Å². The average Bonchev–Trinajstić information content (AvgIpc) is 2.85. The lowest BCUT2D eigenvalue weighted by molar-refractivity contribution is 0.301. The number of thiazole rings is 1. The SMILES string of the molecule is CC(C)(C)c1csc(COc2cccc(Cl)c2CN)n1. The summed E-state index contributed by atoms with van der Waals surface area (Å²) in [7, 11) is 0. The van der Waals surface area contributed by atoms with Crippen LogP contribution >= 0.6 is 22.9 Å². The summed E-state index contributed by atoms with van der Waals surface area (Å²) in [5.41, 5.74) is 7.69. The second kappa shape index (κ2) is 6.12. The molecule has 1 aromatic carbocycles. The van der Waals surface area contributed by atoms with Gasteiger partial charge in [0.25, 0.3) is 0 Å². The van der Waals surface area contributed by atoms with Crippen LogP contribution in [0.25, 0.3) is 0 Å². The number of benzene rings is 1. The van der Waals surface area contributed by atoms with Crippen molar-refractivity contribution in [3.8, 4) is 5.75 Å². The van der Waals surface area contributed by atoms with Gasteiger partial charge in [-0.2, -0.15) is 0 Å². The van der Waals surface area contributed by atoms with Gasteiger partial charge in [-0.1, -0.05) is 38.4 Å². The largest absolute Gasteiger partial charge is 0.486 e. The molecule has 0 radical (unpaired) electrons. The molecule has 0 amide bonds. The van der Waals surface area contributed by atoms with Gasteiger partial charge in [0.15, 0.2) is 0 Å². The van der Waals surface area contributed by atoms with Crippen LogP contribution in [-0.4, -0.2) is 4.98 Å². The molecule has 0 spiro atoms. The predicted octanol–water partition coefficient (Wildman–Crippen LogP) is 4.13. The Morgan fingerprint density at radius 3 is 2.70 bits per heavy atom. The van der Waals surface area contributed by atoms with Gasteiger partial charge in [0, 0.05) is 27.9 Å². The van der Waals surface area contributed by atoms with Gasteiger partial charge in [0.05, 0.1) is 5.69 Å². The summed E-state index contributed by atoms with van der Waals surface area (Å²) >= 11 is 7.72. The molecule has 0 saturated carbocycles. The van der Waals surface area contributed by atoms with Crippen molar-refractivity contribution < 1.29 is 4.74 Å². The van der Waals surface area contributed by atoms with E-state index in [0.29, 0.717) is 18.2 Å². The summed E-state index contributed by atoms with van der Waals surface area (Å²) in [6.45, 7) is 7.25. The molecular formula is C15H19ClN2OS. The fourth-order valence-electron chi connectivity index (χ4n) is 1.73. The van der Waals surface area contributed by atoms with Gasteiger partial charge in [-0.15, -0.1) is 11.3 Å². The summed E-state index contributed by atoms with van der Waals surface area (Å²) in [5.74, 6) is 0.729. The van der Waals surface area contributed by atoms with Gasteiger partial charge in [-0.25, -0.2) is 4.98 Å². The normalized spacial score (nSPS) is 11.7. The first kappa shape index (κ1) is 15.3. The van der Waals surface area contributed by atoms with Crippen LogP contribution in [-0.2, 0) is 18.6 Å². The summed E-state index contributed by atoms with van der Waals surface area (Å²) in [6, 6.07) is 5.56. The van der Waals surface area contributed by atoms with Gasteiger partial charge in [0.1, 0.15) is 17.4 Å². The van der Waals surface area contributed by atoms with Crippen LogP contribution in [0.4, 0.5) is 0 Å². The Kier molecular flexibility index (Phi) is 4.68. The molecule has 0 saturated heterocycles. The lowest BCUT2D eigenvalue weighted by atomic mass is 9.93. The van der Waals surface area contributed by atoms with E-state index in [1.165, 1.54) is 0 Å². The van der Waals surface area contributed by atoms with E-state index < -0.39 is 0 Å². The number of aromatic nitrogens is 1. The van der Waals surface area contributed by atoms with Crippen LogP contribution in [0.1, 0.15) is 37.0 Å². The van der Waals surface area contributed by atoms with Crippen LogP contribution < -0.4 is 10.5 Å². The Balaban J connectivity index is 2.10. The minimum Gasteiger partial charge on any atom is -0.486 e. The van der Waals surface area contributed by atoms with E-state index in [1.54, 1.807) is 11.3 Å². The van der Waals surface area contributed by atoms with Gasteiger partial charge in [0.2, 0.25) is 0 Å². The van der Waals surface area contributed by atoms with Crippen molar-refractivity contribution in [3.63, 3.8) is 0 Å². The molecule has 20 heavy (non-hydrogen) atoms. The van der Waals surface area contributed by atoms with Crippen LogP contribution in [0.3, 0.4) is 0 Å². The van der Waals surface area contributed by atoms with Gasteiger partial charge in [-0.3, -0.25) is 0 Å². The monoisotopic (exact) mass is 310 g/mol. The molecule has 5 heteroatoms. The molecule has 1 aromatic heterocycles. The highest BCUT2D eigenvalue weighted by Crippen LogP contribution is 2.28. The zero-order chi connectivity index (χ0) is 14.8. The summed E-state index contributed by atoms with van der Waals surface area (Å²) in [5, 5.41) is 3.68. The van der Waals surface area contributed by atoms with Gasteiger partial charge < -0.3 is 10.5 Å². The highest BCUT2D eigenvalue weighted by atomic mass is 35.5. The Morgan fingerprint density at radius 1 is 1.35 bits per heavy atom. The van der Waals surface area contributed by atoms with Crippen molar-refractivity contribution in [2.75, 3.05) is 0 Å². The van der Waals surface area contributed by atoms with Crippen LogP contribution in [0.5, 0.6) is 5.75 Å². The number of rotatable bonds is 4. The van der Waals surface area contributed by atoms with Crippen molar-refractivity contribution in [3.05, 3.63) is 44.9 Å². The molecule has 0 aliphatic carbocycles. The van der Waals surface area contributed by atoms with E-state index in [4.69, 9.17) is 22.1 Å². The Bertz CT molecular complexity index is 590. The average molecular weight is 311 g/mol. The lowest BCUT2D eigenvalue weighted by Gasteiger charge is -2.14. The molecule has 108 valence electrons. The maximum atomic E-state index is 6.10. The minimum atomic E-state index is 0.0627. The molecule has 0 unspecified atom stereocenters. The molecule has 1 heterocycles. The van der Waals surface area contributed by atoms with E-state index >= 15 is 0 Å². The standard InChI is InChI=1S/C15H19ClN2OS/c1-15(2,3)13-9-20-14(18-13)8-19-12-6-4-5-11(16)10(12)7-17/h4-6,9H,7-8,17H2,1-3H3. The van der Waals surface area contributed by atoms with Crippen molar-refractivity contribution >= 4 is 22.9 Å². The summed E-state index contributed by atoms with van der Waals surface area (Å²) < 4.78 is 5.80. The molecular weight excluding hydrogens is 292 g/mol. The number of nitrogens with zero attached hydrogens (tertiary/aromatic N) is 1. The second-order valence-electron chi connectivity index (χ2n) is 5.59. The van der Waals surface area contributed by atoms with Crippen molar-refractivity contribution in [1.29, 1.82) is 0 Å². The fourth-order valence-corrected chi connectivity index (χ4v) is 2.91. The molecule has 2 N–H and O–H groups in total. The highest BCUT2D eigenvalue weighted by molar-refractivity contribution is 7.09. The molecule has 3 nitrogen and oxygen atoms in total. The van der Waals surface area contributed by atoms with Crippen LogP contribution in [0.2, 0.25) is 5.02 Å². The number of halogens is 1. The lowest BCUT2D eigenvalue weighted by Crippen LogP contribution is -2.11. The first-order chi connectivity index (χ1) is 9.41. The molecule has 2 aromatic rings. The zero-order valence-corrected chi connectivity index (χ0v) is 13.5. The molecule has 0 aliphatic heterocycles. The molecule has 2 rings (SSSR count). The fraction of sp³-hybridized carbons (Fsp3) is 0.400. The number of hydrogen-bond acceptors (Lipinski definition) is 4. The third kappa shape index (κ3) is 3.51. The molecule has 0 atom stereocenters. The quantitative estimate of drug-likeness (QED) is 0.923. The van der Waals surface area contributed by atoms with E-state index in [-0.39, 0.29) is 5.41 Å². The third-order valence-electron chi connectivity index (χ3n) is 2.95. The van der Waals surface area contributed by atoms with Crippen LogP contribution in [0, 0.1) is 0 Å². The molecule has 0 bridgehead atoms. The van der Waals surface area contributed by atoms with Crippen molar-refractivity contribution in [1.82, 2.24) is 4.98 Å². The second-order valence-corrected chi connectivity index (χ2v) is 6.94. The van der Waals surface area contributed by atoms with Gasteiger partial charge >= 0.3 is 0 Å². The topological polar surface area (TPSA) is 48.1 Å². The third-order valence-corrected chi connectivity index (χ3v) is 4.13. The molecule has 0 fully saturated rings. The first-order valence-corrected chi connectivity index (χ1v) is 7.72. The van der Waals surface area contributed by atoms with E-state index in [1.807, 2.05) is 18.2 Å². The first-order valence-electron chi connectivity index (χ1n) is 6.47. The number of hydrogen-bond donors (Lipinski definition) is 1. The number of ether oxygens (including phenoxy) is 1. The Labute approximate surface area is 128 Å². The smallest absolute Gasteiger partial charge is 0.140 e. The van der Waals surface area contributed by atoms with E-state index in [2.05, 4.69) is 31.1 Å². The van der Waals surface area contributed by atoms with Crippen molar-refractivity contribution in [2.45, 2.75) is 39.3 Å². The Morgan fingerprint density at radius 2 is 2.10 bits per heavy atom. The summed E-state index contributed by atoms with van der Waals surface area (Å²) in [6.07, 6.45) is 0. The predicted molar refractivity (Wildman–Crippen MR) is 84.5 cm³/mol. The maximum Gasteiger partial charge on any atom is 0.140 e. The minimum absolute atomic E-state index is 0.0627.